The van der Waals surface area contributed by atoms with E-state index in [4.69, 9.17) is 11.6 Å². The lowest BCUT2D eigenvalue weighted by molar-refractivity contribution is 0.0934. The minimum absolute atomic E-state index is 0.181. The van der Waals surface area contributed by atoms with E-state index in [9.17, 15) is 4.79 Å². The number of hydrogen-bond acceptors (Lipinski definition) is 4. The van der Waals surface area contributed by atoms with Crippen molar-refractivity contribution in [2.45, 2.75) is 26.3 Å². The van der Waals surface area contributed by atoms with E-state index in [1.165, 1.54) is 6.20 Å². The topological polar surface area (TPSA) is 82.7 Å². The zero-order chi connectivity index (χ0) is 15.2. The third-order valence-corrected chi connectivity index (χ3v) is 3.32. The maximum atomic E-state index is 12.4. The summed E-state index contributed by atoms with van der Waals surface area (Å²) in [6, 6.07) is 1.47. The number of H-pyrrole nitrogens is 1. The van der Waals surface area contributed by atoms with Gasteiger partial charge in [0.1, 0.15) is 11.6 Å². The Bertz CT molecular complexity index is 599. The molecule has 0 radical (unpaired) electrons. The average molecular weight is 308 g/mol. The average Bonchev–Trinajstić information content (AvgIpc) is 3.01. The second kappa shape index (κ2) is 7.08. The largest absolute Gasteiger partial charge is 0.370 e. The van der Waals surface area contributed by atoms with Crippen LogP contribution in [-0.2, 0) is 0 Å². The monoisotopic (exact) mass is 307 g/mol. The van der Waals surface area contributed by atoms with Gasteiger partial charge in [-0.05, 0) is 19.4 Å². The Kier molecular flexibility index (Phi) is 5.16. The fraction of sp³-hybridized carbons (Fsp3) is 0.357. The Hall–Kier alpha value is -2.08. The quantitative estimate of drug-likeness (QED) is 0.766. The number of imidazole rings is 1. The number of rotatable bonds is 6. The molecule has 0 saturated carbocycles. The van der Waals surface area contributed by atoms with Crippen LogP contribution < -0.4 is 10.6 Å². The van der Waals surface area contributed by atoms with Gasteiger partial charge in [-0.15, -0.1) is 0 Å². The van der Waals surface area contributed by atoms with Gasteiger partial charge in [-0.1, -0.05) is 18.5 Å². The first-order valence-electron chi connectivity index (χ1n) is 6.85. The van der Waals surface area contributed by atoms with Gasteiger partial charge in [0.2, 0.25) is 0 Å². The molecule has 21 heavy (non-hydrogen) atoms. The second-order valence-electron chi connectivity index (χ2n) is 4.49. The molecule has 0 saturated heterocycles. The molecular formula is C14H18ClN5O. The van der Waals surface area contributed by atoms with Crippen molar-refractivity contribution in [1.82, 2.24) is 20.3 Å². The van der Waals surface area contributed by atoms with Crippen molar-refractivity contribution in [3.63, 3.8) is 0 Å². The van der Waals surface area contributed by atoms with E-state index in [1.54, 1.807) is 18.5 Å². The number of aromatic amines is 1. The van der Waals surface area contributed by atoms with Crippen LogP contribution in [0.25, 0.3) is 0 Å². The summed E-state index contributed by atoms with van der Waals surface area (Å²) < 4.78 is 0. The molecule has 0 bridgehead atoms. The Morgan fingerprint density at radius 1 is 1.43 bits per heavy atom. The fourth-order valence-electron chi connectivity index (χ4n) is 1.96. The molecule has 2 aromatic heterocycles. The van der Waals surface area contributed by atoms with Gasteiger partial charge in [-0.3, -0.25) is 4.79 Å². The number of hydrogen-bond donors (Lipinski definition) is 3. The summed E-state index contributed by atoms with van der Waals surface area (Å²) in [5.41, 5.74) is 0.396. The molecular weight excluding hydrogens is 290 g/mol. The third kappa shape index (κ3) is 3.72. The molecule has 2 heterocycles. The van der Waals surface area contributed by atoms with Crippen LogP contribution in [0.1, 0.15) is 42.5 Å². The Labute approximate surface area is 128 Å². The molecule has 1 unspecified atom stereocenters. The summed E-state index contributed by atoms with van der Waals surface area (Å²) in [5, 5.41) is 6.30. The Morgan fingerprint density at radius 2 is 2.24 bits per heavy atom. The van der Waals surface area contributed by atoms with E-state index in [2.05, 4.69) is 25.6 Å². The highest BCUT2D eigenvalue weighted by molar-refractivity contribution is 6.33. The van der Waals surface area contributed by atoms with Crippen molar-refractivity contribution < 1.29 is 4.79 Å². The van der Waals surface area contributed by atoms with Gasteiger partial charge in [-0.2, -0.15) is 0 Å². The number of nitrogens with zero attached hydrogens (tertiary/aromatic N) is 2. The lowest BCUT2D eigenvalue weighted by Gasteiger charge is -2.15. The van der Waals surface area contributed by atoms with Crippen molar-refractivity contribution in [3.05, 3.63) is 41.1 Å². The number of nitrogens with one attached hydrogen (secondary N) is 3. The Morgan fingerprint density at radius 3 is 2.86 bits per heavy atom. The lowest BCUT2D eigenvalue weighted by Crippen LogP contribution is -2.29. The molecule has 0 aliphatic carbocycles. The van der Waals surface area contributed by atoms with E-state index in [0.717, 1.165) is 18.8 Å². The van der Waals surface area contributed by atoms with Crippen molar-refractivity contribution in [2.75, 3.05) is 11.9 Å². The number of carbonyl (C=O) groups is 1. The van der Waals surface area contributed by atoms with Crippen LogP contribution in [0.4, 0.5) is 5.82 Å². The minimum atomic E-state index is -0.246. The van der Waals surface area contributed by atoms with Crippen molar-refractivity contribution in [3.8, 4) is 0 Å². The predicted molar refractivity (Wildman–Crippen MR) is 82.5 cm³/mol. The van der Waals surface area contributed by atoms with Gasteiger partial charge in [0.05, 0.1) is 16.6 Å². The molecule has 0 aliphatic heterocycles. The number of aromatic nitrogens is 3. The number of pyridine rings is 1. The van der Waals surface area contributed by atoms with E-state index in [0.29, 0.717) is 16.4 Å². The van der Waals surface area contributed by atoms with E-state index < -0.39 is 0 Å². The molecule has 2 rings (SSSR count). The first kappa shape index (κ1) is 15.3. The molecule has 112 valence electrons. The molecule has 3 N–H and O–H groups in total. The summed E-state index contributed by atoms with van der Waals surface area (Å²) >= 11 is 6.07. The predicted octanol–water partition coefficient (Wildman–Crippen LogP) is 2.77. The number of carbonyl (C=O) groups excluding carboxylic acids is 1. The number of amides is 1. The SMILES string of the molecule is CCNc1cc(C(=O)NC(CC)c2ncc[nH]2)c(Cl)cn1. The summed E-state index contributed by atoms with van der Waals surface area (Å²) in [7, 11) is 0. The summed E-state index contributed by atoms with van der Waals surface area (Å²) in [4.78, 5) is 23.7. The zero-order valence-corrected chi connectivity index (χ0v) is 12.7. The molecule has 2 aromatic rings. The van der Waals surface area contributed by atoms with Crippen LogP contribution in [0, 0.1) is 0 Å². The van der Waals surface area contributed by atoms with Crippen molar-refractivity contribution in [2.24, 2.45) is 0 Å². The smallest absolute Gasteiger partial charge is 0.253 e. The van der Waals surface area contributed by atoms with Crippen LogP contribution in [0.2, 0.25) is 5.02 Å². The van der Waals surface area contributed by atoms with Crippen LogP contribution in [0.5, 0.6) is 0 Å². The lowest BCUT2D eigenvalue weighted by atomic mass is 10.1. The molecule has 0 aliphatic rings. The highest BCUT2D eigenvalue weighted by Crippen LogP contribution is 2.20. The molecule has 0 fully saturated rings. The van der Waals surface area contributed by atoms with Crippen LogP contribution in [-0.4, -0.2) is 27.4 Å². The number of halogens is 1. The van der Waals surface area contributed by atoms with E-state index in [1.807, 2.05) is 13.8 Å². The molecule has 6 nitrogen and oxygen atoms in total. The molecule has 1 atom stereocenters. The molecule has 0 aromatic carbocycles. The third-order valence-electron chi connectivity index (χ3n) is 3.02. The number of anilines is 1. The second-order valence-corrected chi connectivity index (χ2v) is 4.90. The molecule has 0 spiro atoms. The zero-order valence-electron chi connectivity index (χ0n) is 12.0. The van der Waals surface area contributed by atoms with Crippen molar-refractivity contribution >= 4 is 23.3 Å². The highest BCUT2D eigenvalue weighted by atomic mass is 35.5. The van der Waals surface area contributed by atoms with Gasteiger partial charge in [-0.25, -0.2) is 9.97 Å². The van der Waals surface area contributed by atoms with Crippen LogP contribution in [0.3, 0.4) is 0 Å². The maximum Gasteiger partial charge on any atom is 0.253 e. The standard InChI is InChI=1S/C14H18ClN5O/c1-3-11(13-17-5-6-18-13)20-14(21)9-7-12(16-4-2)19-8-10(9)15/h5-8,11H,3-4H2,1-2H3,(H,16,19)(H,17,18)(H,20,21). The van der Waals surface area contributed by atoms with E-state index >= 15 is 0 Å². The molecule has 7 heteroatoms. The first-order chi connectivity index (χ1) is 10.2. The first-order valence-corrected chi connectivity index (χ1v) is 7.23. The summed E-state index contributed by atoms with van der Waals surface area (Å²) in [5.74, 6) is 1.10. The minimum Gasteiger partial charge on any atom is -0.370 e. The molecule has 1 amide bonds. The fourth-order valence-corrected chi connectivity index (χ4v) is 2.15. The summed E-state index contributed by atoms with van der Waals surface area (Å²) in [6.07, 6.45) is 5.59. The van der Waals surface area contributed by atoms with Gasteiger partial charge >= 0.3 is 0 Å². The normalized spacial score (nSPS) is 12.0. The summed E-state index contributed by atoms with van der Waals surface area (Å²) in [6.45, 7) is 4.66. The van der Waals surface area contributed by atoms with Crippen LogP contribution in [0.15, 0.2) is 24.7 Å². The Balaban J connectivity index is 2.17. The highest BCUT2D eigenvalue weighted by Gasteiger charge is 2.18. The van der Waals surface area contributed by atoms with Gasteiger partial charge in [0, 0.05) is 25.1 Å². The van der Waals surface area contributed by atoms with Crippen LogP contribution >= 0.6 is 11.6 Å². The van der Waals surface area contributed by atoms with E-state index in [-0.39, 0.29) is 11.9 Å². The van der Waals surface area contributed by atoms with Gasteiger partial charge in [0.15, 0.2) is 0 Å². The van der Waals surface area contributed by atoms with Gasteiger partial charge in [0.25, 0.3) is 5.91 Å². The maximum absolute atomic E-state index is 12.4. The van der Waals surface area contributed by atoms with Gasteiger partial charge < -0.3 is 15.6 Å². The van der Waals surface area contributed by atoms with Crippen molar-refractivity contribution in [1.29, 1.82) is 0 Å².